The molecule has 138 valence electrons. The molecule has 0 spiro atoms. The number of esters is 1. The van der Waals surface area contributed by atoms with Gasteiger partial charge < -0.3 is 14.9 Å². The Morgan fingerprint density at radius 1 is 1.17 bits per heavy atom. The van der Waals surface area contributed by atoms with Crippen LogP contribution in [0, 0.1) is 5.92 Å². The maximum absolute atomic E-state index is 10.5. The SMILES string of the molecule is C=C(CC(CC)CCCC)C(=O)O.C=CC(=O)O.C=COC(C)=O. The lowest BCUT2D eigenvalue weighted by molar-refractivity contribution is -0.135. The fourth-order valence-electron chi connectivity index (χ4n) is 1.50. The molecule has 0 bridgehead atoms. The normalized spacial score (nSPS) is 9.79. The van der Waals surface area contributed by atoms with E-state index in [-0.39, 0.29) is 5.97 Å². The predicted octanol–water partition coefficient (Wildman–Crippen LogP) is 4.18. The second-order valence-electron chi connectivity index (χ2n) is 4.85. The molecule has 0 saturated heterocycles. The van der Waals surface area contributed by atoms with Crippen molar-refractivity contribution in [2.45, 2.75) is 52.9 Å². The van der Waals surface area contributed by atoms with Crippen LogP contribution in [-0.4, -0.2) is 28.1 Å². The van der Waals surface area contributed by atoms with Gasteiger partial charge in [-0.2, -0.15) is 0 Å². The summed E-state index contributed by atoms with van der Waals surface area (Å²) in [7, 11) is 0. The van der Waals surface area contributed by atoms with Crippen molar-refractivity contribution in [3.05, 3.63) is 37.6 Å². The second kappa shape index (κ2) is 18.7. The molecule has 0 aliphatic rings. The fourth-order valence-corrected chi connectivity index (χ4v) is 1.50. The highest BCUT2D eigenvalue weighted by Crippen LogP contribution is 2.20. The molecule has 0 aliphatic carbocycles. The Balaban J connectivity index is -0.000000332. The van der Waals surface area contributed by atoms with Crippen molar-refractivity contribution in [1.29, 1.82) is 0 Å². The van der Waals surface area contributed by atoms with Gasteiger partial charge in [0, 0.05) is 18.6 Å². The van der Waals surface area contributed by atoms with Gasteiger partial charge >= 0.3 is 17.9 Å². The lowest BCUT2D eigenvalue weighted by atomic mass is 9.92. The molecular weight excluding hydrogens is 312 g/mol. The molecule has 6 heteroatoms. The van der Waals surface area contributed by atoms with Crippen LogP contribution in [-0.2, 0) is 19.1 Å². The van der Waals surface area contributed by atoms with Crippen molar-refractivity contribution >= 4 is 17.9 Å². The van der Waals surface area contributed by atoms with E-state index in [0.29, 0.717) is 17.9 Å². The Hall–Kier alpha value is -2.37. The number of carbonyl (C=O) groups is 3. The first-order valence-corrected chi connectivity index (χ1v) is 7.70. The summed E-state index contributed by atoms with van der Waals surface area (Å²) in [5, 5.41) is 16.3. The number of carbonyl (C=O) groups excluding carboxylic acids is 1. The standard InChI is InChI=1S/C11H20O2.C4H6O2.C3H4O2/c1-4-6-7-10(5-2)8-9(3)11(12)13;1-3-6-4(2)5;1-2-3(4)5/h10H,3-8H2,1-2H3,(H,12,13);3H,1H2,2H3;2H,1H2,(H,4,5). The molecule has 0 heterocycles. The van der Waals surface area contributed by atoms with E-state index in [1.807, 2.05) is 0 Å². The molecule has 0 saturated carbocycles. The van der Waals surface area contributed by atoms with E-state index in [2.05, 4.69) is 38.3 Å². The summed E-state index contributed by atoms with van der Waals surface area (Å²) < 4.78 is 4.17. The highest BCUT2D eigenvalue weighted by atomic mass is 16.5. The second-order valence-corrected chi connectivity index (χ2v) is 4.85. The quantitative estimate of drug-likeness (QED) is 0.370. The lowest BCUT2D eigenvalue weighted by Crippen LogP contribution is -2.06. The third-order valence-electron chi connectivity index (χ3n) is 2.80. The Labute approximate surface area is 144 Å². The Morgan fingerprint density at radius 3 is 1.88 bits per heavy atom. The predicted molar refractivity (Wildman–Crippen MR) is 94.5 cm³/mol. The first-order valence-electron chi connectivity index (χ1n) is 7.70. The maximum atomic E-state index is 10.5. The van der Waals surface area contributed by atoms with Gasteiger partial charge in [0.15, 0.2) is 0 Å². The minimum Gasteiger partial charge on any atom is -0.478 e. The van der Waals surface area contributed by atoms with Crippen LogP contribution in [0.25, 0.3) is 0 Å². The zero-order valence-electron chi connectivity index (χ0n) is 14.9. The molecule has 1 atom stereocenters. The maximum Gasteiger partial charge on any atom is 0.330 e. The molecule has 2 N–H and O–H groups in total. The molecule has 0 radical (unpaired) electrons. The number of carboxylic acids is 2. The van der Waals surface area contributed by atoms with Crippen molar-refractivity contribution in [2.75, 3.05) is 0 Å². The monoisotopic (exact) mass is 342 g/mol. The highest BCUT2D eigenvalue weighted by Gasteiger charge is 2.11. The molecule has 0 rings (SSSR count). The summed E-state index contributed by atoms with van der Waals surface area (Å²) >= 11 is 0. The van der Waals surface area contributed by atoms with E-state index in [1.54, 1.807) is 0 Å². The minimum absolute atomic E-state index is 0.329. The summed E-state index contributed by atoms with van der Waals surface area (Å²) in [5.41, 5.74) is 0.350. The van der Waals surface area contributed by atoms with Crippen LogP contribution in [0.2, 0.25) is 0 Å². The van der Waals surface area contributed by atoms with Crippen LogP contribution in [0.1, 0.15) is 52.9 Å². The van der Waals surface area contributed by atoms with Crippen molar-refractivity contribution in [3.8, 4) is 0 Å². The van der Waals surface area contributed by atoms with Crippen molar-refractivity contribution in [1.82, 2.24) is 0 Å². The third kappa shape index (κ3) is 24.6. The van der Waals surface area contributed by atoms with E-state index in [1.165, 1.54) is 19.8 Å². The van der Waals surface area contributed by atoms with Gasteiger partial charge in [-0.15, -0.1) is 0 Å². The van der Waals surface area contributed by atoms with E-state index in [4.69, 9.17) is 10.2 Å². The van der Waals surface area contributed by atoms with Gasteiger partial charge in [-0.3, -0.25) is 4.79 Å². The molecular formula is C18H30O6. The van der Waals surface area contributed by atoms with Crippen LogP contribution < -0.4 is 0 Å². The summed E-state index contributed by atoms with van der Waals surface area (Å²) in [4.78, 5) is 29.5. The summed E-state index contributed by atoms with van der Waals surface area (Å²) in [5.74, 6) is -1.66. The Bertz CT molecular complexity index is 412. The molecule has 0 aliphatic heterocycles. The van der Waals surface area contributed by atoms with Crippen LogP contribution in [0.4, 0.5) is 0 Å². The van der Waals surface area contributed by atoms with Crippen LogP contribution >= 0.6 is 0 Å². The fraction of sp³-hybridized carbons (Fsp3) is 0.500. The molecule has 0 amide bonds. The van der Waals surface area contributed by atoms with Gasteiger partial charge in [0.25, 0.3) is 0 Å². The van der Waals surface area contributed by atoms with E-state index in [0.717, 1.165) is 25.2 Å². The first-order chi connectivity index (χ1) is 11.2. The average molecular weight is 342 g/mol. The third-order valence-corrected chi connectivity index (χ3v) is 2.80. The number of ether oxygens (including phenoxy) is 1. The van der Waals surface area contributed by atoms with Crippen LogP contribution in [0.15, 0.2) is 37.6 Å². The van der Waals surface area contributed by atoms with Gasteiger partial charge in [0.2, 0.25) is 0 Å². The molecule has 0 aromatic rings. The van der Waals surface area contributed by atoms with Gasteiger partial charge in [-0.25, -0.2) is 9.59 Å². The van der Waals surface area contributed by atoms with Crippen molar-refractivity contribution in [3.63, 3.8) is 0 Å². The van der Waals surface area contributed by atoms with Crippen LogP contribution in [0.5, 0.6) is 0 Å². The summed E-state index contributed by atoms with van der Waals surface area (Å²) in [6, 6.07) is 0. The van der Waals surface area contributed by atoms with Gasteiger partial charge in [0.05, 0.1) is 6.26 Å². The number of unbranched alkanes of at least 4 members (excludes halogenated alkanes) is 1. The largest absolute Gasteiger partial charge is 0.478 e. The van der Waals surface area contributed by atoms with Gasteiger partial charge in [-0.1, -0.05) is 59.3 Å². The lowest BCUT2D eigenvalue weighted by Gasteiger charge is -2.13. The number of carboxylic acid groups (broad SMARTS) is 2. The number of aliphatic carboxylic acids is 2. The smallest absolute Gasteiger partial charge is 0.330 e. The zero-order chi connectivity index (χ0) is 19.5. The minimum atomic E-state index is -0.981. The number of hydrogen-bond donors (Lipinski definition) is 2. The van der Waals surface area contributed by atoms with Gasteiger partial charge in [0.1, 0.15) is 0 Å². The Kier molecular flexibility index (Phi) is 20.6. The topological polar surface area (TPSA) is 101 Å². The Morgan fingerprint density at radius 2 is 1.67 bits per heavy atom. The molecule has 0 aromatic heterocycles. The van der Waals surface area contributed by atoms with Crippen molar-refractivity contribution in [2.24, 2.45) is 5.92 Å². The average Bonchev–Trinajstić information content (AvgIpc) is 2.51. The molecule has 1 unspecified atom stereocenters. The van der Waals surface area contributed by atoms with Crippen molar-refractivity contribution < 1.29 is 29.3 Å². The van der Waals surface area contributed by atoms with Crippen LogP contribution in [0.3, 0.4) is 0 Å². The zero-order valence-corrected chi connectivity index (χ0v) is 14.9. The molecule has 0 aromatic carbocycles. The van der Waals surface area contributed by atoms with E-state index >= 15 is 0 Å². The molecule has 0 fully saturated rings. The number of rotatable bonds is 9. The van der Waals surface area contributed by atoms with E-state index < -0.39 is 11.9 Å². The molecule has 24 heavy (non-hydrogen) atoms. The highest BCUT2D eigenvalue weighted by molar-refractivity contribution is 5.85. The molecule has 6 nitrogen and oxygen atoms in total. The number of hydrogen-bond acceptors (Lipinski definition) is 4. The van der Waals surface area contributed by atoms with Gasteiger partial charge in [-0.05, 0) is 12.3 Å². The summed E-state index contributed by atoms with van der Waals surface area (Å²) in [6.45, 7) is 15.2. The first kappa shape index (κ1) is 26.5. The summed E-state index contributed by atoms with van der Waals surface area (Å²) in [6.07, 6.45) is 7.11. The van der Waals surface area contributed by atoms with E-state index in [9.17, 15) is 14.4 Å².